The SMILES string of the molecule is CN1CCN(c2cc(NC(=O)c3cncc(-n4ccnn4)c3)ccn2)CC1. The first kappa shape index (κ1) is 17.1. The number of piperazine rings is 1. The van der Waals surface area contributed by atoms with Crippen molar-refractivity contribution in [2.75, 3.05) is 43.4 Å². The molecule has 0 saturated carbocycles. The summed E-state index contributed by atoms with van der Waals surface area (Å²) in [5.74, 6) is 0.635. The zero-order valence-corrected chi connectivity index (χ0v) is 15.0. The number of carbonyl (C=O) groups is 1. The molecule has 1 aliphatic heterocycles. The molecule has 1 N–H and O–H groups in total. The van der Waals surface area contributed by atoms with Crippen molar-refractivity contribution in [3.63, 3.8) is 0 Å². The fraction of sp³-hybridized carbons (Fsp3) is 0.278. The topological polar surface area (TPSA) is 92.1 Å². The van der Waals surface area contributed by atoms with Crippen LogP contribution in [0.15, 0.2) is 49.2 Å². The minimum Gasteiger partial charge on any atom is -0.354 e. The van der Waals surface area contributed by atoms with Gasteiger partial charge in [-0.3, -0.25) is 9.78 Å². The lowest BCUT2D eigenvalue weighted by Gasteiger charge is -2.33. The van der Waals surface area contributed by atoms with E-state index < -0.39 is 0 Å². The Balaban J connectivity index is 1.48. The van der Waals surface area contributed by atoms with Crippen molar-refractivity contribution < 1.29 is 4.79 Å². The summed E-state index contributed by atoms with van der Waals surface area (Å²) in [5.41, 5.74) is 1.82. The molecule has 0 spiro atoms. The third-order valence-corrected chi connectivity index (χ3v) is 4.50. The number of rotatable bonds is 4. The van der Waals surface area contributed by atoms with E-state index in [4.69, 9.17) is 0 Å². The Hall–Kier alpha value is -3.33. The molecule has 1 saturated heterocycles. The number of pyridine rings is 2. The molecule has 0 bridgehead atoms. The van der Waals surface area contributed by atoms with E-state index in [0.717, 1.165) is 32.0 Å². The van der Waals surface area contributed by atoms with Crippen molar-refractivity contribution in [3.8, 4) is 5.69 Å². The summed E-state index contributed by atoms with van der Waals surface area (Å²) in [5, 5.41) is 10.6. The van der Waals surface area contributed by atoms with Crippen molar-refractivity contribution in [3.05, 3.63) is 54.7 Å². The van der Waals surface area contributed by atoms with Crippen LogP contribution in [0.5, 0.6) is 0 Å². The number of amides is 1. The summed E-state index contributed by atoms with van der Waals surface area (Å²) in [6.07, 6.45) is 8.14. The largest absolute Gasteiger partial charge is 0.354 e. The molecular weight excluding hydrogens is 344 g/mol. The van der Waals surface area contributed by atoms with Gasteiger partial charge in [0.05, 0.1) is 29.8 Å². The molecule has 9 heteroatoms. The number of nitrogens with one attached hydrogen (secondary N) is 1. The summed E-state index contributed by atoms with van der Waals surface area (Å²) in [7, 11) is 2.11. The number of aromatic nitrogens is 5. The predicted molar refractivity (Wildman–Crippen MR) is 101 cm³/mol. The van der Waals surface area contributed by atoms with Gasteiger partial charge in [0, 0.05) is 50.3 Å². The summed E-state index contributed by atoms with van der Waals surface area (Å²) in [6.45, 7) is 3.84. The molecule has 0 aromatic carbocycles. The van der Waals surface area contributed by atoms with Gasteiger partial charge >= 0.3 is 0 Å². The van der Waals surface area contributed by atoms with Crippen LogP contribution in [-0.4, -0.2) is 69.0 Å². The maximum atomic E-state index is 12.6. The zero-order chi connectivity index (χ0) is 18.6. The lowest BCUT2D eigenvalue weighted by molar-refractivity contribution is 0.102. The van der Waals surface area contributed by atoms with Crippen molar-refractivity contribution in [2.24, 2.45) is 0 Å². The Labute approximate surface area is 156 Å². The average Bonchev–Trinajstić information content (AvgIpc) is 3.24. The Morgan fingerprint density at radius 2 is 1.96 bits per heavy atom. The minimum absolute atomic E-state index is 0.236. The van der Waals surface area contributed by atoms with E-state index in [9.17, 15) is 4.79 Å². The van der Waals surface area contributed by atoms with Gasteiger partial charge < -0.3 is 15.1 Å². The summed E-state index contributed by atoms with van der Waals surface area (Å²) >= 11 is 0. The molecule has 4 heterocycles. The normalized spacial score (nSPS) is 14.9. The van der Waals surface area contributed by atoms with Gasteiger partial charge in [-0.05, 0) is 19.2 Å². The Morgan fingerprint density at radius 3 is 2.74 bits per heavy atom. The second-order valence-corrected chi connectivity index (χ2v) is 6.43. The number of hydrogen-bond donors (Lipinski definition) is 1. The molecule has 1 aliphatic rings. The predicted octanol–water partition coefficient (Wildman–Crippen LogP) is 1.06. The smallest absolute Gasteiger partial charge is 0.257 e. The van der Waals surface area contributed by atoms with Gasteiger partial charge in [-0.2, -0.15) is 0 Å². The molecular formula is C18H20N8O. The van der Waals surface area contributed by atoms with E-state index in [-0.39, 0.29) is 5.91 Å². The lowest BCUT2D eigenvalue weighted by atomic mass is 10.2. The minimum atomic E-state index is -0.236. The third kappa shape index (κ3) is 3.93. The lowest BCUT2D eigenvalue weighted by Crippen LogP contribution is -2.44. The van der Waals surface area contributed by atoms with Crippen molar-refractivity contribution in [2.45, 2.75) is 0 Å². The third-order valence-electron chi connectivity index (χ3n) is 4.50. The molecule has 0 aliphatic carbocycles. The number of hydrogen-bond acceptors (Lipinski definition) is 7. The first-order valence-electron chi connectivity index (χ1n) is 8.72. The highest BCUT2D eigenvalue weighted by Gasteiger charge is 2.16. The number of anilines is 2. The average molecular weight is 364 g/mol. The van der Waals surface area contributed by atoms with Crippen molar-refractivity contribution in [1.29, 1.82) is 0 Å². The van der Waals surface area contributed by atoms with Gasteiger partial charge in [0.1, 0.15) is 5.82 Å². The molecule has 0 radical (unpaired) electrons. The zero-order valence-electron chi connectivity index (χ0n) is 15.0. The molecule has 138 valence electrons. The van der Waals surface area contributed by atoms with E-state index in [2.05, 4.69) is 42.4 Å². The van der Waals surface area contributed by atoms with Crippen molar-refractivity contribution in [1.82, 2.24) is 29.9 Å². The van der Waals surface area contributed by atoms with Gasteiger partial charge in [0.15, 0.2) is 0 Å². The fourth-order valence-electron chi connectivity index (χ4n) is 2.93. The Kier molecular flexibility index (Phi) is 4.75. The maximum absolute atomic E-state index is 12.6. The molecule has 27 heavy (non-hydrogen) atoms. The highest BCUT2D eigenvalue weighted by atomic mass is 16.1. The number of likely N-dealkylation sites (N-methyl/N-ethyl adjacent to an activating group) is 1. The van der Waals surface area contributed by atoms with Crippen molar-refractivity contribution >= 4 is 17.4 Å². The second-order valence-electron chi connectivity index (χ2n) is 6.43. The van der Waals surface area contributed by atoms with E-state index >= 15 is 0 Å². The highest BCUT2D eigenvalue weighted by molar-refractivity contribution is 6.04. The Bertz CT molecular complexity index is 919. The van der Waals surface area contributed by atoms with Gasteiger partial charge in [-0.25, -0.2) is 9.67 Å². The van der Waals surface area contributed by atoms with Crippen LogP contribution >= 0.6 is 0 Å². The summed E-state index contributed by atoms with van der Waals surface area (Å²) in [6, 6.07) is 5.41. The van der Waals surface area contributed by atoms with Gasteiger partial charge in [0.2, 0.25) is 0 Å². The highest BCUT2D eigenvalue weighted by Crippen LogP contribution is 2.19. The molecule has 1 amide bonds. The van der Waals surface area contributed by atoms with Crippen LogP contribution in [0.25, 0.3) is 5.69 Å². The first-order chi connectivity index (χ1) is 13.2. The van der Waals surface area contributed by atoms with E-state index in [1.54, 1.807) is 41.6 Å². The van der Waals surface area contributed by atoms with Crippen LogP contribution in [0.2, 0.25) is 0 Å². The molecule has 0 unspecified atom stereocenters. The standard InChI is InChI=1S/C18H20N8O/c1-24-6-8-25(9-7-24)17-11-15(2-3-20-17)22-18(27)14-10-16(13-19-12-14)26-5-4-21-23-26/h2-5,10-13H,6-9H2,1H3,(H,20,22,27). The number of carbonyl (C=O) groups excluding carboxylic acids is 1. The molecule has 1 fully saturated rings. The van der Waals surface area contributed by atoms with Crippen LogP contribution in [0, 0.1) is 0 Å². The van der Waals surface area contributed by atoms with E-state index in [0.29, 0.717) is 16.9 Å². The van der Waals surface area contributed by atoms with Gasteiger partial charge in [-0.1, -0.05) is 5.21 Å². The monoisotopic (exact) mass is 364 g/mol. The first-order valence-corrected chi connectivity index (χ1v) is 8.72. The van der Waals surface area contributed by atoms with E-state index in [1.165, 1.54) is 6.20 Å². The molecule has 9 nitrogen and oxygen atoms in total. The van der Waals surface area contributed by atoms with Crippen LogP contribution in [0.1, 0.15) is 10.4 Å². The second kappa shape index (κ2) is 7.50. The maximum Gasteiger partial charge on any atom is 0.257 e. The van der Waals surface area contributed by atoms with Crippen LogP contribution in [-0.2, 0) is 0 Å². The van der Waals surface area contributed by atoms with Gasteiger partial charge in [0.25, 0.3) is 5.91 Å². The molecule has 4 rings (SSSR count). The molecule has 0 atom stereocenters. The summed E-state index contributed by atoms with van der Waals surface area (Å²) in [4.78, 5) is 25.7. The molecule has 3 aromatic rings. The fourth-order valence-corrected chi connectivity index (χ4v) is 2.93. The summed E-state index contributed by atoms with van der Waals surface area (Å²) < 4.78 is 1.56. The number of nitrogens with zero attached hydrogens (tertiary/aromatic N) is 7. The van der Waals surface area contributed by atoms with Crippen LogP contribution in [0.4, 0.5) is 11.5 Å². The van der Waals surface area contributed by atoms with E-state index in [1.807, 2.05) is 6.07 Å². The molecule has 3 aromatic heterocycles. The quantitative estimate of drug-likeness (QED) is 0.740. The van der Waals surface area contributed by atoms with Crippen LogP contribution < -0.4 is 10.2 Å². The van der Waals surface area contributed by atoms with Gasteiger partial charge in [-0.15, -0.1) is 5.10 Å². The van der Waals surface area contributed by atoms with Crippen LogP contribution in [0.3, 0.4) is 0 Å². The Morgan fingerprint density at radius 1 is 1.11 bits per heavy atom.